The van der Waals surface area contributed by atoms with Gasteiger partial charge in [-0.2, -0.15) is 0 Å². The number of ether oxygens (including phenoxy) is 2. The smallest absolute Gasteiger partial charge is 0.410 e. The lowest BCUT2D eigenvalue weighted by atomic mass is 9.94. The maximum absolute atomic E-state index is 12.8. The van der Waals surface area contributed by atoms with Crippen molar-refractivity contribution < 1.29 is 19.1 Å². The van der Waals surface area contributed by atoms with E-state index in [2.05, 4.69) is 11.6 Å². The van der Waals surface area contributed by atoms with Crippen molar-refractivity contribution in [3.8, 4) is 0 Å². The largest absolute Gasteiger partial charge is 0.445 e. The molecular weight excluding hydrogens is 418 g/mol. The van der Waals surface area contributed by atoms with E-state index in [0.717, 1.165) is 24.2 Å². The van der Waals surface area contributed by atoms with Crippen LogP contribution in [0.2, 0.25) is 4.34 Å². The second-order valence-electron chi connectivity index (χ2n) is 6.73. The van der Waals surface area contributed by atoms with Crippen LogP contribution in [0.3, 0.4) is 0 Å². The van der Waals surface area contributed by atoms with Crippen LogP contribution in [0.15, 0.2) is 29.8 Å². The van der Waals surface area contributed by atoms with Gasteiger partial charge in [-0.15, -0.1) is 11.3 Å². The zero-order valence-corrected chi connectivity index (χ0v) is 17.6. The van der Waals surface area contributed by atoms with Crippen LogP contribution < -0.4 is 5.56 Å². The molecule has 1 aliphatic rings. The molecule has 2 aromatic rings. The molecule has 2 atom stereocenters. The Morgan fingerprint density at radius 3 is 3.00 bits per heavy atom. The molecule has 0 saturated carbocycles. The monoisotopic (exact) mass is 439 g/mol. The first-order chi connectivity index (χ1) is 13.9. The molecule has 2 aromatic heterocycles. The number of piperidine rings is 1. The van der Waals surface area contributed by atoms with E-state index in [9.17, 15) is 14.4 Å². The number of amides is 1. The third kappa shape index (κ3) is 4.85. The number of carbonyl (C=O) groups excluding carboxylic acids is 2. The van der Waals surface area contributed by atoms with Crippen molar-refractivity contribution in [3.63, 3.8) is 0 Å². The molecular formula is C19H22ClN3O5S. The van der Waals surface area contributed by atoms with Crippen molar-refractivity contribution in [2.75, 3.05) is 20.3 Å². The van der Waals surface area contributed by atoms with Crippen LogP contribution in [0.1, 0.15) is 19.3 Å². The van der Waals surface area contributed by atoms with Gasteiger partial charge in [-0.1, -0.05) is 24.3 Å². The van der Waals surface area contributed by atoms with E-state index >= 15 is 0 Å². The minimum atomic E-state index is -0.502. The normalized spacial score (nSPS) is 19.3. The maximum atomic E-state index is 12.8. The molecule has 0 N–H and O–H groups in total. The predicted octanol–water partition coefficient (Wildman–Crippen LogP) is 2.87. The van der Waals surface area contributed by atoms with Crippen LogP contribution in [0.4, 0.5) is 4.79 Å². The number of ketones is 1. The van der Waals surface area contributed by atoms with Crippen molar-refractivity contribution in [2.24, 2.45) is 0 Å². The molecule has 3 heterocycles. The van der Waals surface area contributed by atoms with E-state index in [0.29, 0.717) is 21.1 Å². The van der Waals surface area contributed by atoms with Crippen LogP contribution in [-0.4, -0.2) is 58.7 Å². The van der Waals surface area contributed by atoms with E-state index in [1.807, 2.05) is 0 Å². The van der Waals surface area contributed by atoms with Crippen LogP contribution in [-0.2, 0) is 20.8 Å². The van der Waals surface area contributed by atoms with E-state index < -0.39 is 12.1 Å². The fraction of sp³-hybridized carbons (Fsp3) is 0.474. The van der Waals surface area contributed by atoms with Crippen molar-refractivity contribution >= 4 is 45.0 Å². The number of hydrogen-bond donors (Lipinski definition) is 0. The summed E-state index contributed by atoms with van der Waals surface area (Å²) in [6.07, 6.45) is 3.60. The van der Waals surface area contributed by atoms with Crippen LogP contribution in [0, 0.1) is 0 Å². The first kappa shape index (κ1) is 21.5. The summed E-state index contributed by atoms with van der Waals surface area (Å²) in [5.74, 6) is -0.202. The van der Waals surface area contributed by atoms with E-state index in [1.54, 1.807) is 13.2 Å². The van der Waals surface area contributed by atoms with Crippen molar-refractivity contribution in [3.05, 3.63) is 39.7 Å². The average Bonchev–Trinajstić information content (AvgIpc) is 3.09. The Kier molecular flexibility index (Phi) is 7.05. The third-order valence-electron chi connectivity index (χ3n) is 4.84. The molecule has 1 amide bonds. The Balaban J connectivity index is 1.75. The highest BCUT2D eigenvalue weighted by Crippen LogP contribution is 2.26. The summed E-state index contributed by atoms with van der Waals surface area (Å²) in [6, 6.07) is 1.16. The van der Waals surface area contributed by atoms with Gasteiger partial charge in [-0.25, -0.2) is 9.78 Å². The molecule has 1 fully saturated rings. The first-order valence-electron chi connectivity index (χ1n) is 9.18. The Morgan fingerprint density at radius 2 is 2.28 bits per heavy atom. The van der Waals surface area contributed by atoms with Gasteiger partial charge in [0.05, 0.1) is 34.9 Å². The van der Waals surface area contributed by atoms with Gasteiger partial charge in [0.2, 0.25) is 0 Å². The summed E-state index contributed by atoms with van der Waals surface area (Å²) >= 11 is 7.08. The second kappa shape index (κ2) is 9.51. The summed E-state index contributed by atoms with van der Waals surface area (Å²) in [5.41, 5.74) is 0.200. The summed E-state index contributed by atoms with van der Waals surface area (Å²) in [4.78, 5) is 43.4. The zero-order valence-electron chi connectivity index (χ0n) is 16.0. The minimum absolute atomic E-state index is 0.0529. The fourth-order valence-corrected chi connectivity index (χ4v) is 4.62. The Labute approximate surface area is 176 Å². The number of Topliss-reactive ketones (excluding diaryl/α,β-unsaturated/α-hetero) is 1. The number of carbonyl (C=O) groups is 2. The molecule has 0 aliphatic carbocycles. The molecule has 156 valence electrons. The van der Waals surface area contributed by atoms with Gasteiger partial charge in [0.15, 0.2) is 5.78 Å². The van der Waals surface area contributed by atoms with E-state index in [-0.39, 0.29) is 37.0 Å². The number of halogens is 1. The highest BCUT2D eigenvalue weighted by Gasteiger charge is 2.36. The number of nitrogens with zero attached hydrogens (tertiary/aromatic N) is 3. The quantitative estimate of drug-likeness (QED) is 0.616. The van der Waals surface area contributed by atoms with Crippen LogP contribution >= 0.6 is 22.9 Å². The molecule has 1 aliphatic heterocycles. The standard InChI is InChI=1S/C19H22ClN3O5S/c1-3-7-28-19(26)23-6-4-5-15(27-2)14(23)8-12(24)10-22-11-21-13-9-16(20)29-17(13)18(22)25/h3,9,11,14-15H,1,4-8,10H2,2H3. The topological polar surface area (TPSA) is 90.7 Å². The van der Waals surface area contributed by atoms with Crippen molar-refractivity contribution in [1.82, 2.24) is 14.5 Å². The lowest BCUT2D eigenvalue weighted by Crippen LogP contribution is -2.53. The first-order valence-corrected chi connectivity index (χ1v) is 10.4. The summed E-state index contributed by atoms with van der Waals surface area (Å²) in [7, 11) is 1.56. The molecule has 8 nitrogen and oxygen atoms in total. The molecule has 0 spiro atoms. The second-order valence-corrected chi connectivity index (χ2v) is 8.41. The van der Waals surface area contributed by atoms with Gasteiger partial charge in [-0.05, 0) is 18.9 Å². The maximum Gasteiger partial charge on any atom is 0.410 e. The van der Waals surface area contributed by atoms with Crippen molar-refractivity contribution in [1.29, 1.82) is 0 Å². The lowest BCUT2D eigenvalue weighted by molar-refractivity contribution is -0.122. The van der Waals surface area contributed by atoms with Crippen molar-refractivity contribution in [2.45, 2.75) is 38.0 Å². The molecule has 2 unspecified atom stereocenters. The number of methoxy groups -OCH3 is 1. The molecule has 29 heavy (non-hydrogen) atoms. The van der Waals surface area contributed by atoms with Gasteiger partial charge < -0.3 is 14.4 Å². The van der Waals surface area contributed by atoms with Gasteiger partial charge >= 0.3 is 6.09 Å². The molecule has 10 heteroatoms. The van der Waals surface area contributed by atoms with Crippen LogP contribution in [0.25, 0.3) is 10.2 Å². The molecule has 0 radical (unpaired) electrons. The summed E-state index contributed by atoms with van der Waals surface area (Å²) in [6.45, 7) is 3.97. The van der Waals surface area contributed by atoms with E-state index in [4.69, 9.17) is 21.1 Å². The molecule has 1 saturated heterocycles. The Morgan fingerprint density at radius 1 is 1.48 bits per heavy atom. The SMILES string of the molecule is C=CCOC(=O)N1CCCC(OC)C1CC(=O)Cn1cnc2cc(Cl)sc2c1=O. The highest BCUT2D eigenvalue weighted by molar-refractivity contribution is 7.22. The summed E-state index contributed by atoms with van der Waals surface area (Å²) < 4.78 is 12.8. The molecule has 0 bridgehead atoms. The van der Waals surface area contributed by atoms with Gasteiger partial charge in [0, 0.05) is 20.1 Å². The van der Waals surface area contributed by atoms with Gasteiger partial charge in [-0.3, -0.25) is 14.2 Å². The minimum Gasteiger partial charge on any atom is -0.445 e. The van der Waals surface area contributed by atoms with Gasteiger partial charge in [0.1, 0.15) is 11.3 Å². The Bertz CT molecular complexity index is 972. The number of likely N-dealkylation sites (tertiary alicyclic amines) is 1. The van der Waals surface area contributed by atoms with Crippen LogP contribution in [0.5, 0.6) is 0 Å². The zero-order chi connectivity index (χ0) is 21.0. The summed E-state index contributed by atoms with van der Waals surface area (Å²) in [5, 5.41) is 0. The average molecular weight is 440 g/mol. The molecule has 3 rings (SSSR count). The number of fused-ring (bicyclic) bond motifs is 1. The Hall–Kier alpha value is -2.23. The number of hydrogen-bond acceptors (Lipinski definition) is 7. The van der Waals surface area contributed by atoms with E-state index in [1.165, 1.54) is 21.9 Å². The predicted molar refractivity (Wildman–Crippen MR) is 111 cm³/mol. The lowest BCUT2D eigenvalue weighted by Gasteiger charge is -2.39. The number of aromatic nitrogens is 2. The fourth-order valence-electron chi connectivity index (χ4n) is 3.49. The molecule has 0 aromatic carbocycles. The number of thiophene rings is 1. The number of rotatable bonds is 7. The highest BCUT2D eigenvalue weighted by atomic mass is 35.5. The van der Waals surface area contributed by atoms with Gasteiger partial charge in [0.25, 0.3) is 5.56 Å². The third-order valence-corrected chi connectivity index (χ3v) is 6.08.